The van der Waals surface area contributed by atoms with Gasteiger partial charge in [-0.05, 0) is 49.8 Å². The minimum absolute atomic E-state index is 0.0406. The smallest absolute Gasteiger partial charge is 0.326 e. The van der Waals surface area contributed by atoms with Gasteiger partial charge in [-0.15, -0.1) is 0 Å². The molecule has 0 unspecified atom stereocenters. The maximum absolute atomic E-state index is 13.3. The first kappa shape index (κ1) is 22.0. The van der Waals surface area contributed by atoms with Gasteiger partial charge in [0, 0.05) is 17.3 Å². The van der Waals surface area contributed by atoms with Crippen molar-refractivity contribution in [1.29, 1.82) is 5.26 Å². The molecule has 0 atom stereocenters. The van der Waals surface area contributed by atoms with Gasteiger partial charge in [0.1, 0.15) is 11.6 Å². The molecule has 1 aliphatic heterocycles. The Balaban J connectivity index is 2.11. The van der Waals surface area contributed by atoms with Gasteiger partial charge < -0.3 is 10.6 Å². The van der Waals surface area contributed by atoms with Crippen LogP contribution in [-0.2, 0) is 17.5 Å². The topological polar surface area (TPSA) is 86.2 Å². The summed E-state index contributed by atoms with van der Waals surface area (Å²) in [4.78, 5) is 19.2. The monoisotopic (exact) mass is 453 g/mol. The van der Waals surface area contributed by atoms with E-state index >= 15 is 0 Å². The van der Waals surface area contributed by atoms with Crippen LogP contribution in [0.2, 0.25) is 5.02 Å². The van der Waals surface area contributed by atoms with Crippen LogP contribution in [0.1, 0.15) is 30.7 Å². The van der Waals surface area contributed by atoms with Crippen molar-refractivity contribution >= 4 is 46.2 Å². The fourth-order valence-corrected chi connectivity index (χ4v) is 3.95. The third-order valence-corrected chi connectivity index (χ3v) is 5.44. The highest BCUT2D eigenvalue weighted by Gasteiger charge is 2.51. The molecule has 1 aliphatic rings. The van der Waals surface area contributed by atoms with E-state index in [-0.39, 0.29) is 17.3 Å². The zero-order valence-corrected chi connectivity index (χ0v) is 17.4. The van der Waals surface area contributed by atoms with Gasteiger partial charge in [-0.2, -0.15) is 18.4 Å². The van der Waals surface area contributed by atoms with Gasteiger partial charge in [0.05, 0.1) is 17.4 Å². The van der Waals surface area contributed by atoms with Crippen molar-refractivity contribution < 1.29 is 18.0 Å². The van der Waals surface area contributed by atoms with Gasteiger partial charge in [-0.1, -0.05) is 17.7 Å². The lowest BCUT2D eigenvalue weighted by atomic mass is 10.0. The van der Waals surface area contributed by atoms with E-state index in [2.05, 4.69) is 4.98 Å². The maximum Gasteiger partial charge on any atom is 0.419 e. The second-order valence-corrected chi connectivity index (χ2v) is 7.77. The largest absolute Gasteiger partial charge is 0.419 e. The average molecular weight is 454 g/mol. The number of anilines is 2. The van der Waals surface area contributed by atoms with Gasteiger partial charge in [-0.25, -0.2) is 4.98 Å². The molecule has 0 bridgehead atoms. The van der Waals surface area contributed by atoms with Crippen molar-refractivity contribution in [3.05, 3.63) is 52.3 Å². The lowest BCUT2D eigenvalue weighted by Gasteiger charge is -2.29. The summed E-state index contributed by atoms with van der Waals surface area (Å²) in [5.74, 6) is -0.550. The van der Waals surface area contributed by atoms with E-state index in [4.69, 9.17) is 34.8 Å². The third-order valence-electron chi connectivity index (χ3n) is 4.73. The predicted molar refractivity (Wildman–Crippen MR) is 110 cm³/mol. The molecule has 0 radical (unpaired) electrons. The molecular weight excluding hydrogens is 439 g/mol. The van der Waals surface area contributed by atoms with Crippen LogP contribution in [0.4, 0.5) is 24.5 Å². The van der Waals surface area contributed by atoms with Crippen molar-refractivity contribution in [1.82, 2.24) is 4.98 Å². The molecule has 1 amide bonds. The molecule has 1 aromatic carbocycles. The molecule has 2 heterocycles. The molecule has 0 spiro atoms. The van der Waals surface area contributed by atoms with E-state index in [0.717, 1.165) is 11.1 Å². The van der Waals surface area contributed by atoms with Crippen molar-refractivity contribution in [3.8, 4) is 6.07 Å². The van der Waals surface area contributed by atoms with Crippen LogP contribution >= 0.6 is 23.8 Å². The summed E-state index contributed by atoms with van der Waals surface area (Å²) >= 11 is 11.7. The van der Waals surface area contributed by atoms with Crippen LogP contribution < -0.4 is 15.5 Å². The van der Waals surface area contributed by atoms with Crippen LogP contribution in [0.25, 0.3) is 0 Å². The van der Waals surface area contributed by atoms with Gasteiger partial charge in [0.2, 0.25) is 0 Å². The highest BCUT2D eigenvalue weighted by Crippen LogP contribution is 2.39. The summed E-state index contributed by atoms with van der Waals surface area (Å²) in [6.45, 7) is 3.40. The number of nitrogens with two attached hydrogens (primary N) is 1. The van der Waals surface area contributed by atoms with Crippen molar-refractivity contribution in [3.63, 3.8) is 0 Å². The van der Waals surface area contributed by atoms with Crippen LogP contribution in [0.15, 0.2) is 30.5 Å². The second-order valence-electron chi connectivity index (χ2n) is 7.00. The zero-order valence-electron chi connectivity index (χ0n) is 15.8. The summed E-state index contributed by atoms with van der Waals surface area (Å²) in [5.41, 5.74) is 3.37. The highest BCUT2D eigenvalue weighted by atomic mass is 35.5. The van der Waals surface area contributed by atoms with Gasteiger partial charge in [0.25, 0.3) is 5.91 Å². The number of thiocarbonyl (C=S) groups is 1. The Hall–Kier alpha value is -2.74. The zero-order chi connectivity index (χ0) is 22.4. The Labute approximate surface area is 180 Å². The number of benzene rings is 1. The molecule has 6 nitrogen and oxygen atoms in total. The standard InChI is InChI=1S/C19H15ClF3N5OS/c1-18(2)16(29)27(12-5-13(19(21,22)23)15(8-25)26-9-12)17(30)28(18)11-4-3-10(7-24)14(20)6-11/h3-6,9H,7,24H2,1-2H3. The quantitative estimate of drug-likeness (QED) is 0.707. The number of pyridine rings is 1. The molecule has 1 aromatic heterocycles. The Kier molecular flexibility index (Phi) is 5.49. The fraction of sp³-hybridized carbons (Fsp3) is 0.263. The van der Waals surface area contributed by atoms with E-state index in [1.807, 2.05) is 0 Å². The van der Waals surface area contributed by atoms with Gasteiger partial charge in [0.15, 0.2) is 10.8 Å². The van der Waals surface area contributed by atoms with Crippen LogP contribution in [0.5, 0.6) is 0 Å². The molecule has 2 aromatic rings. The number of nitriles is 1. The minimum Gasteiger partial charge on any atom is -0.326 e. The number of carbonyl (C=O) groups excluding carboxylic acids is 1. The van der Waals surface area contributed by atoms with E-state index in [0.29, 0.717) is 22.3 Å². The number of carbonyl (C=O) groups is 1. The molecule has 11 heteroatoms. The Bertz CT molecular complexity index is 1100. The summed E-state index contributed by atoms with van der Waals surface area (Å²) < 4.78 is 40.0. The first-order valence-corrected chi connectivity index (χ1v) is 9.36. The first-order chi connectivity index (χ1) is 13.9. The number of rotatable bonds is 3. The lowest BCUT2D eigenvalue weighted by molar-refractivity contribution is -0.138. The van der Waals surface area contributed by atoms with Crippen molar-refractivity contribution in [2.75, 3.05) is 9.80 Å². The highest BCUT2D eigenvalue weighted by molar-refractivity contribution is 7.81. The Morgan fingerprint density at radius 3 is 2.50 bits per heavy atom. The molecule has 0 saturated carbocycles. The van der Waals surface area contributed by atoms with Crippen molar-refractivity contribution in [2.45, 2.75) is 32.1 Å². The second kappa shape index (κ2) is 7.50. The van der Waals surface area contributed by atoms with E-state index in [9.17, 15) is 18.0 Å². The average Bonchev–Trinajstić information content (AvgIpc) is 2.85. The van der Waals surface area contributed by atoms with Gasteiger partial charge in [-0.3, -0.25) is 9.69 Å². The minimum atomic E-state index is -4.82. The van der Waals surface area contributed by atoms with Crippen LogP contribution in [0.3, 0.4) is 0 Å². The van der Waals surface area contributed by atoms with Crippen molar-refractivity contribution in [2.24, 2.45) is 5.73 Å². The molecular formula is C19H15ClF3N5OS. The number of amides is 1. The van der Waals surface area contributed by atoms with E-state index in [1.165, 1.54) is 11.0 Å². The fourth-order valence-electron chi connectivity index (χ4n) is 3.18. The van der Waals surface area contributed by atoms with Gasteiger partial charge >= 0.3 is 6.18 Å². The number of halogens is 4. The molecule has 1 saturated heterocycles. The number of alkyl halides is 3. The first-order valence-electron chi connectivity index (χ1n) is 8.58. The number of nitrogens with zero attached hydrogens (tertiary/aromatic N) is 4. The van der Waals surface area contributed by atoms with E-state index < -0.39 is 28.9 Å². The molecule has 156 valence electrons. The van der Waals surface area contributed by atoms with E-state index in [1.54, 1.807) is 32.0 Å². The lowest BCUT2D eigenvalue weighted by Crippen LogP contribution is -2.44. The maximum atomic E-state index is 13.3. The normalized spacial score (nSPS) is 16.2. The Morgan fingerprint density at radius 2 is 1.97 bits per heavy atom. The summed E-state index contributed by atoms with van der Waals surface area (Å²) in [6.07, 6.45) is -3.80. The number of hydrogen-bond acceptors (Lipinski definition) is 5. The summed E-state index contributed by atoms with van der Waals surface area (Å²) in [5, 5.41) is 9.27. The predicted octanol–water partition coefficient (Wildman–Crippen LogP) is 4.00. The summed E-state index contributed by atoms with van der Waals surface area (Å²) in [6, 6.07) is 7.06. The Morgan fingerprint density at radius 1 is 1.30 bits per heavy atom. The third kappa shape index (κ3) is 3.49. The van der Waals surface area contributed by atoms with Crippen LogP contribution in [-0.4, -0.2) is 21.5 Å². The van der Waals surface area contributed by atoms with Crippen LogP contribution in [0, 0.1) is 11.3 Å². The molecule has 2 N–H and O–H groups in total. The number of hydrogen-bond donors (Lipinski definition) is 1. The molecule has 0 aliphatic carbocycles. The molecule has 1 fully saturated rings. The molecule has 3 rings (SSSR count). The summed E-state index contributed by atoms with van der Waals surface area (Å²) in [7, 11) is 0. The molecule has 30 heavy (non-hydrogen) atoms. The number of aromatic nitrogens is 1. The SMILES string of the molecule is CC1(C)C(=O)N(c2cnc(C#N)c(C(F)(F)F)c2)C(=S)N1c1ccc(CN)c(Cl)c1.